The predicted molar refractivity (Wildman–Crippen MR) is 89.6 cm³/mol. The quantitative estimate of drug-likeness (QED) is 0.507. The molecule has 1 aliphatic heterocycles. The summed E-state index contributed by atoms with van der Waals surface area (Å²) in [5, 5.41) is 0. The molecule has 20 heavy (non-hydrogen) atoms. The maximum Gasteiger partial charge on any atom is 0.0109 e. The second-order valence-electron chi connectivity index (χ2n) is 5.50. The standard InChI is InChI=1S/C17H28N2S/c1-2-18(14-15-19-11-6-7-12-19)13-8-16-20-17-9-4-3-5-10-17/h3-5,9-10H,2,6-8,11-16H2,1H3. The van der Waals surface area contributed by atoms with Crippen LogP contribution in [0, 0.1) is 0 Å². The van der Waals surface area contributed by atoms with E-state index in [2.05, 4.69) is 47.1 Å². The number of thioether (sulfide) groups is 1. The summed E-state index contributed by atoms with van der Waals surface area (Å²) in [4.78, 5) is 6.61. The molecule has 112 valence electrons. The Morgan fingerprint density at radius 1 is 1.10 bits per heavy atom. The van der Waals surface area contributed by atoms with E-state index in [0.717, 1.165) is 0 Å². The van der Waals surface area contributed by atoms with Gasteiger partial charge in [-0.1, -0.05) is 25.1 Å². The van der Waals surface area contributed by atoms with E-state index >= 15 is 0 Å². The first kappa shape index (κ1) is 15.9. The highest BCUT2D eigenvalue weighted by Gasteiger charge is 2.12. The minimum atomic E-state index is 1.18. The first-order valence-electron chi connectivity index (χ1n) is 8.01. The highest BCUT2D eigenvalue weighted by molar-refractivity contribution is 7.99. The van der Waals surface area contributed by atoms with Gasteiger partial charge >= 0.3 is 0 Å². The van der Waals surface area contributed by atoms with Gasteiger partial charge < -0.3 is 9.80 Å². The molecule has 0 amide bonds. The normalized spacial score (nSPS) is 16.1. The molecular formula is C17H28N2S. The van der Waals surface area contributed by atoms with Crippen LogP contribution in [0.3, 0.4) is 0 Å². The van der Waals surface area contributed by atoms with E-state index in [4.69, 9.17) is 0 Å². The summed E-state index contributed by atoms with van der Waals surface area (Å²) in [6, 6.07) is 10.7. The van der Waals surface area contributed by atoms with E-state index < -0.39 is 0 Å². The Hall–Kier alpha value is -0.510. The molecule has 0 aromatic heterocycles. The molecule has 0 radical (unpaired) electrons. The molecule has 3 heteroatoms. The average Bonchev–Trinajstić information content (AvgIpc) is 3.01. The second-order valence-corrected chi connectivity index (χ2v) is 6.67. The SMILES string of the molecule is CCN(CCCSc1ccccc1)CCN1CCCC1. The van der Waals surface area contributed by atoms with Crippen molar-refractivity contribution in [2.75, 3.05) is 45.0 Å². The fraction of sp³-hybridized carbons (Fsp3) is 0.647. The van der Waals surface area contributed by atoms with E-state index in [1.165, 1.54) is 69.2 Å². The zero-order valence-electron chi connectivity index (χ0n) is 12.8. The molecule has 1 saturated heterocycles. The lowest BCUT2D eigenvalue weighted by Crippen LogP contribution is -2.34. The van der Waals surface area contributed by atoms with Gasteiger partial charge in [-0.05, 0) is 63.3 Å². The molecule has 0 saturated carbocycles. The Bertz CT molecular complexity index is 349. The van der Waals surface area contributed by atoms with Crippen LogP contribution in [0.4, 0.5) is 0 Å². The van der Waals surface area contributed by atoms with E-state index in [1.54, 1.807) is 0 Å². The highest BCUT2D eigenvalue weighted by atomic mass is 32.2. The summed E-state index contributed by atoms with van der Waals surface area (Å²) >= 11 is 1.98. The van der Waals surface area contributed by atoms with Crippen LogP contribution in [0.25, 0.3) is 0 Å². The maximum absolute atomic E-state index is 2.61. The minimum Gasteiger partial charge on any atom is -0.302 e. The summed E-state index contributed by atoms with van der Waals surface area (Å²) in [7, 11) is 0. The Balaban J connectivity index is 1.56. The van der Waals surface area contributed by atoms with Crippen molar-refractivity contribution >= 4 is 11.8 Å². The van der Waals surface area contributed by atoms with E-state index in [9.17, 15) is 0 Å². The van der Waals surface area contributed by atoms with E-state index in [0.29, 0.717) is 0 Å². The van der Waals surface area contributed by atoms with Crippen LogP contribution in [-0.4, -0.2) is 54.8 Å². The van der Waals surface area contributed by atoms with Crippen LogP contribution in [0.15, 0.2) is 35.2 Å². The lowest BCUT2D eigenvalue weighted by Gasteiger charge is -2.23. The first-order valence-corrected chi connectivity index (χ1v) is 8.99. The number of hydrogen-bond acceptors (Lipinski definition) is 3. The average molecular weight is 292 g/mol. The number of hydrogen-bond donors (Lipinski definition) is 0. The number of likely N-dealkylation sites (N-methyl/N-ethyl adjacent to an activating group) is 1. The predicted octanol–water partition coefficient (Wildman–Crippen LogP) is 3.59. The lowest BCUT2D eigenvalue weighted by molar-refractivity contribution is 0.233. The van der Waals surface area contributed by atoms with Crippen molar-refractivity contribution in [3.63, 3.8) is 0 Å². The molecule has 0 unspecified atom stereocenters. The van der Waals surface area contributed by atoms with Crippen molar-refractivity contribution in [1.82, 2.24) is 9.80 Å². The van der Waals surface area contributed by atoms with Crippen LogP contribution < -0.4 is 0 Å². The van der Waals surface area contributed by atoms with Gasteiger partial charge in [0.05, 0.1) is 0 Å². The van der Waals surface area contributed by atoms with Gasteiger partial charge in [0.25, 0.3) is 0 Å². The topological polar surface area (TPSA) is 6.48 Å². The summed E-state index contributed by atoms with van der Waals surface area (Å²) < 4.78 is 0. The monoisotopic (exact) mass is 292 g/mol. The number of nitrogens with zero attached hydrogens (tertiary/aromatic N) is 2. The summed E-state index contributed by atoms with van der Waals surface area (Å²) in [6.45, 7) is 9.86. The maximum atomic E-state index is 2.61. The Morgan fingerprint density at radius 3 is 2.55 bits per heavy atom. The van der Waals surface area contributed by atoms with Crippen LogP contribution in [0.1, 0.15) is 26.2 Å². The number of likely N-dealkylation sites (tertiary alicyclic amines) is 1. The third kappa shape index (κ3) is 5.86. The lowest BCUT2D eigenvalue weighted by atomic mass is 10.4. The summed E-state index contributed by atoms with van der Waals surface area (Å²) in [5.41, 5.74) is 0. The zero-order chi connectivity index (χ0) is 14.0. The van der Waals surface area contributed by atoms with Crippen LogP contribution >= 0.6 is 11.8 Å². The van der Waals surface area contributed by atoms with Gasteiger partial charge in [-0.15, -0.1) is 11.8 Å². The Morgan fingerprint density at radius 2 is 1.85 bits per heavy atom. The van der Waals surface area contributed by atoms with Crippen molar-refractivity contribution in [2.45, 2.75) is 31.1 Å². The molecule has 2 rings (SSSR count). The van der Waals surface area contributed by atoms with Gasteiger partial charge in [-0.3, -0.25) is 0 Å². The Labute approximate surface area is 128 Å². The van der Waals surface area contributed by atoms with Gasteiger partial charge in [-0.25, -0.2) is 0 Å². The van der Waals surface area contributed by atoms with Gasteiger partial charge in [0.1, 0.15) is 0 Å². The van der Waals surface area contributed by atoms with Gasteiger partial charge in [0.15, 0.2) is 0 Å². The molecule has 1 aliphatic rings. The van der Waals surface area contributed by atoms with Crippen molar-refractivity contribution in [3.8, 4) is 0 Å². The molecule has 1 aromatic rings. The molecule has 0 bridgehead atoms. The fourth-order valence-corrected chi connectivity index (χ4v) is 3.57. The Kier molecular flexibility index (Phi) is 7.48. The number of benzene rings is 1. The van der Waals surface area contributed by atoms with Crippen molar-refractivity contribution in [3.05, 3.63) is 30.3 Å². The van der Waals surface area contributed by atoms with Gasteiger partial charge in [-0.2, -0.15) is 0 Å². The molecule has 1 heterocycles. The molecule has 0 spiro atoms. The highest BCUT2D eigenvalue weighted by Crippen LogP contribution is 2.17. The molecule has 0 N–H and O–H groups in total. The van der Waals surface area contributed by atoms with Crippen molar-refractivity contribution in [1.29, 1.82) is 0 Å². The molecule has 0 aliphatic carbocycles. The fourth-order valence-electron chi connectivity index (χ4n) is 2.71. The van der Waals surface area contributed by atoms with Crippen molar-refractivity contribution in [2.24, 2.45) is 0 Å². The van der Waals surface area contributed by atoms with Gasteiger partial charge in [0.2, 0.25) is 0 Å². The van der Waals surface area contributed by atoms with Crippen LogP contribution in [-0.2, 0) is 0 Å². The minimum absolute atomic E-state index is 1.18. The van der Waals surface area contributed by atoms with Crippen molar-refractivity contribution < 1.29 is 0 Å². The molecule has 2 nitrogen and oxygen atoms in total. The third-order valence-electron chi connectivity index (χ3n) is 4.01. The van der Waals surface area contributed by atoms with Crippen LogP contribution in [0.2, 0.25) is 0 Å². The van der Waals surface area contributed by atoms with Crippen LogP contribution in [0.5, 0.6) is 0 Å². The molecule has 0 atom stereocenters. The van der Waals surface area contributed by atoms with Gasteiger partial charge in [0, 0.05) is 18.0 Å². The number of rotatable bonds is 9. The smallest absolute Gasteiger partial charge is 0.0109 e. The second kappa shape index (κ2) is 9.43. The van der Waals surface area contributed by atoms with E-state index in [1.807, 2.05) is 11.8 Å². The van der Waals surface area contributed by atoms with E-state index in [-0.39, 0.29) is 0 Å². The summed E-state index contributed by atoms with van der Waals surface area (Å²) in [6.07, 6.45) is 4.09. The third-order valence-corrected chi connectivity index (χ3v) is 5.11. The largest absolute Gasteiger partial charge is 0.302 e. The molecule has 1 fully saturated rings. The molecular weight excluding hydrogens is 264 g/mol. The first-order chi connectivity index (χ1) is 9.88. The zero-order valence-corrected chi connectivity index (χ0v) is 13.6. The summed E-state index contributed by atoms with van der Waals surface area (Å²) in [5.74, 6) is 1.23. The molecule has 1 aromatic carbocycles.